The molecule has 5 rings (SSSR count). The van der Waals surface area contributed by atoms with Crippen molar-refractivity contribution in [1.82, 2.24) is 10.3 Å². The largest absolute Gasteiger partial charge is 0.490 e. The van der Waals surface area contributed by atoms with E-state index in [0.29, 0.717) is 12.1 Å². The summed E-state index contributed by atoms with van der Waals surface area (Å²) in [4.78, 5) is 19.0. The molecule has 1 aromatic carbocycles. The van der Waals surface area contributed by atoms with Gasteiger partial charge >= 0.3 is 0 Å². The number of aromatic nitrogens is 1. The maximum absolute atomic E-state index is 11.9. The smallest absolute Gasteiger partial charge is 0.253 e. The third kappa shape index (κ3) is 3.59. The van der Waals surface area contributed by atoms with Gasteiger partial charge in [0.05, 0.1) is 17.8 Å². The molecule has 6 nitrogen and oxygen atoms in total. The molecule has 1 aromatic heterocycles. The molecular formula is C24H29N3O3. The first-order valence-electron chi connectivity index (χ1n) is 10.9. The maximum atomic E-state index is 11.9. The lowest BCUT2D eigenvalue weighted by atomic mass is 9.94. The highest BCUT2D eigenvalue weighted by Gasteiger charge is 2.28. The molecule has 0 bridgehead atoms. The molecule has 0 radical (unpaired) electrons. The summed E-state index contributed by atoms with van der Waals surface area (Å²) < 4.78 is 12.4. The average Bonchev–Trinajstić information content (AvgIpc) is 3.07. The van der Waals surface area contributed by atoms with Gasteiger partial charge in [-0.1, -0.05) is 0 Å². The monoisotopic (exact) mass is 407 g/mol. The number of fused-ring (bicyclic) bond motifs is 2. The van der Waals surface area contributed by atoms with Gasteiger partial charge < -0.3 is 19.7 Å². The molecule has 0 saturated carbocycles. The molecule has 3 aliphatic heterocycles. The lowest BCUT2D eigenvalue weighted by molar-refractivity contribution is 0.0841. The number of rotatable bonds is 3. The summed E-state index contributed by atoms with van der Waals surface area (Å²) in [6.07, 6.45) is 4.17. The molecule has 0 spiro atoms. The van der Waals surface area contributed by atoms with E-state index in [1.54, 1.807) is 0 Å². The van der Waals surface area contributed by atoms with E-state index < -0.39 is 0 Å². The summed E-state index contributed by atoms with van der Waals surface area (Å²) in [5.74, 6) is 2.90. The van der Waals surface area contributed by atoms with Gasteiger partial charge in [-0.05, 0) is 69.0 Å². The van der Waals surface area contributed by atoms with E-state index in [2.05, 4.69) is 30.1 Å². The molecule has 1 N–H and O–H groups in total. The predicted molar refractivity (Wildman–Crippen MR) is 115 cm³/mol. The predicted octanol–water partition coefficient (Wildman–Crippen LogP) is 3.78. The number of anilines is 1. The van der Waals surface area contributed by atoms with Crippen LogP contribution in [-0.4, -0.2) is 35.7 Å². The second-order valence-electron chi connectivity index (χ2n) is 9.24. The number of nitrogens with one attached hydrogen (secondary N) is 1. The Morgan fingerprint density at radius 2 is 2.03 bits per heavy atom. The number of piperidine rings is 1. The van der Waals surface area contributed by atoms with Crippen LogP contribution in [-0.2, 0) is 13.0 Å². The number of carbonyl (C=O) groups is 1. The van der Waals surface area contributed by atoms with E-state index in [4.69, 9.17) is 14.5 Å². The third-order valence-electron chi connectivity index (χ3n) is 6.39. The fourth-order valence-electron chi connectivity index (χ4n) is 4.64. The number of carbonyl (C=O) groups excluding carboxylic acids is 1. The first-order chi connectivity index (χ1) is 14.4. The Hall–Kier alpha value is -2.76. The summed E-state index contributed by atoms with van der Waals surface area (Å²) in [6, 6.07) is 8.20. The second kappa shape index (κ2) is 7.18. The van der Waals surface area contributed by atoms with Crippen LogP contribution < -0.4 is 19.7 Å². The van der Waals surface area contributed by atoms with Gasteiger partial charge in [0.15, 0.2) is 0 Å². The van der Waals surface area contributed by atoms with E-state index in [1.165, 1.54) is 5.56 Å². The Morgan fingerprint density at radius 1 is 1.23 bits per heavy atom. The van der Waals surface area contributed by atoms with E-state index in [0.717, 1.165) is 67.3 Å². The van der Waals surface area contributed by atoms with E-state index >= 15 is 0 Å². The van der Waals surface area contributed by atoms with Crippen molar-refractivity contribution in [3.63, 3.8) is 0 Å². The highest BCUT2D eigenvalue weighted by molar-refractivity contribution is 5.98. The van der Waals surface area contributed by atoms with Crippen LogP contribution in [0.4, 0.5) is 5.82 Å². The van der Waals surface area contributed by atoms with Gasteiger partial charge in [0.25, 0.3) is 5.91 Å². The van der Waals surface area contributed by atoms with Crippen LogP contribution in [0.3, 0.4) is 0 Å². The molecule has 4 heterocycles. The molecule has 1 saturated heterocycles. The number of aryl methyl sites for hydroxylation is 2. The van der Waals surface area contributed by atoms with Gasteiger partial charge in [-0.25, -0.2) is 4.98 Å². The number of nitrogens with zero attached hydrogens (tertiary/aromatic N) is 2. The Morgan fingerprint density at radius 3 is 2.83 bits per heavy atom. The van der Waals surface area contributed by atoms with Crippen molar-refractivity contribution in [2.45, 2.75) is 64.7 Å². The minimum atomic E-state index is -0.0880. The van der Waals surface area contributed by atoms with Crippen molar-refractivity contribution in [3.05, 3.63) is 46.6 Å². The summed E-state index contributed by atoms with van der Waals surface area (Å²) >= 11 is 0. The Labute approximate surface area is 177 Å². The number of ether oxygens (including phenoxy) is 2. The lowest BCUT2D eigenvalue weighted by Crippen LogP contribution is -2.39. The Balaban J connectivity index is 1.23. The number of pyridine rings is 1. The molecule has 3 aliphatic rings. The summed E-state index contributed by atoms with van der Waals surface area (Å²) in [7, 11) is 0. The van der Waals surface area contributed by atoms with Crippen LogP contribution in [0.1, 0.15) is 60.3 Å². The standard InChI is InChI=1S/C24H29N3O3/c1-15-12-19-20(14-25-23(19)28)26-22(15)27-10-7-17(8-11-27)29-18-4-5-21-16(13-18)6-9-24(2,3)30-21/h4-5,12-13,17H,6-11,14H2,1-3H3,(H,25,28). The van der Waals surface area contributed by atoms with Crippen LogP contribution in [0.5, 0.6) is 11.5 Å². The first kappa shape index (κ1) is 19.2. The number of benzene rings is 1. The second-order valence-corrected chi connectivity index (χ2v) is 9.24. The van der Waals surface area contributed by atoms with Crippen LogP contribution in [0.25, 0.3) is 0 Å². The van der Waals surface area contributed by atoms with Crippen LogP contribution in [0.2, 0.25) is 0 Å². The first-order valence-corrected chi connectivity index (χ1v) is 10.9. The third-order valence-corrected chi connectivity index (χ3v) is 6.39. The van der Waals surface area contributed by atoms with Crippen LogP contribution in [0.15, 0.2) is 24.3 Å². The summed E-state index contributed by atoms with van der Waals surface area (Å²) in [5.41, 5.74) is 3.79. The van der Waals surface area contributed by atoms with E-state index in [9.17, 15) is 4.79 Å². The highest BCUT2D eigenvalue weighted by Crippen LogP contribution is 2.36. The van der Waals surface area contributed by atoms with Crippen molar-refractivity contribution in [3.8, 4) is 11.5 Å². The van der Waals surface area contributed by atoms with Gasteiger partial charge in [0.2, 0.25) is 0 Å². The lowest BCUT2D eigenvalue weighted by Gasteiger charge is -2.35. The maximum Gasteiger partial charge on any atom is 0.253 e. The van der Waals surface area contributed by atoms with Crippen LogP contribution >= 0.6 is 0 Å². The number of amides is 1. The fourth-order valence-corrected chi connectivity index (χ4v) is 4.64. The van der Waals surface area contributed by atoms with Crippen molar-refractivity contribution in [1.29, 1.82) is 0 Å². The Bertz CT molecular complexity index is 993. The zero-order valence-electron chi connectivity index (χ0n) is 18.0. The van der Waals surface area contributed by atoms with Gasteiger partial charge in [-0.3, -0.25) is 4.79 Å². The summed E-state index contributed by atoms with van der Waals surface area (Å²) in [5, 5.41) is 2.85. The average molecular weight is 408 g/mol. The molecule has 6 heteroatoms. The van der Waals surface area contributed by atoms with Gasteiger partial charge in [0, 0.05) is 25.9 Å². The topological polar surface area (TPSA) is 63.7 Å². The molecule has 0 atom stereocenters. The number of hydrogen-bond acceptors (Lipinski definition) is 5. The Kier molecular flexibility index (Phi) is 4.60. The van der Waals surface area contributed by atoms with Crippen molar-refractivity contribution >= 4 is 11.7 Å². The van der Waals surface area contributed by atoms with Crippen molar-refractivity contribution in [2.75, 3.05) is 18.0 Å². The zero-order valence-corrected chi connectivity index (χ0v) is 18.0. The minimum Gasteiger partial charge on any atom is -0.490 e. The van der Waals surface area contributed by atoms with Gasteiger partial charge in [0.1, 0.15) is 29.0 Å². The summed E-state index contributed by atoms with van der Waals surface area (Å²) in [6.45, 7) is 8.65. The highest BCUT2D eigenvalue weighted by atomic mass is 16.5. The van der Waals surface area contributed by atoms with Crippen LogP contribution in [0, 0.1) is 6.92 Å². The van der Waals surface area contributed by atoms with Gasteiger partial charge in [-0.2, -0.15) is 0 Å². The molecule has 1 fully saturated rings. The molecule has 0 aliphatic carbocycles. The molecule has 2 aromatic rings. The molecule has 1 amide bonds. The molecule has 0 unspecified atom stereocenters. The zero-order chi connectivity index (χ0) is 20.9. The van der Waals surface area contributed by atoms with E-state index in [-0.39, 0.29) is 17.6 Å². The van der Waals surface area contributed by atoms with Gasteiger partial charge in [-0.15, -0.1) is 0 Å². The molecule has 158 valence electrons. The van der Waals surface area contributed by atoms with E-state index in [1.807, 2.05) is 25.1 Å². The SMILES string of the molecule is Cc1cc2c(nc1N1CCC(Oc3ccc4c(c3)CCC(C)(C)O4)CC1)CNC2=O. The molecular weight excluding hydrogens is 378 g/mol. The fraction of sp³-hybridized carbons (Fsp3) is 0.500. The van der Waals surface area contributed by atoms with Crippen molar-refractivity contribution < 1.29 is 14.3 Å². The minimum absolute atomic E-state index is 0.0155. The van der Waals surface area contributed by atoms with Crippen molar-refractivity contribution in [2.24, 2.45) is 0 Å². The quantitative estimate of drug-likeness (QED) is 0.839. The molecule has 30 heavy (non-hydrogen) atoms. The normalized spacial score (nSPS) is 20.2. The number of hydrogen-bond donors (Lipinski definition) is 1.